The lowest BCUT2D eigenvalue weighted by Crippen LogP contribution is -2.49. The van der Waals surface area contributed by atoms with E-state index >= 15 is 0 Å². The van der Waals surface area contributed by atoms with Crippen molar-refractivity contribution in [1.82, 2.24) is 10.2 Å². The Morgan fingerprint density at radius 2 is 1.96 bits per heavy atom. The Labute approximate surface area is 157 Å². The number of nitrogens with zero attached hydrogens (tertiary/aromatic N) is 2. The number of amides is 1. The average Bonchev–Trinajstić information content (AvgIpc) is 2.64. The second kappa shape index (κ2) is 9.59. The maximum absolute atomic E-state index is 12.7. The highest BCUT2D eigenvalue weighted by atomic mass is 16.5. The molecule has 1 aromatic carbocycles. The van der Waals surface area contributed by atoms with Crippen molar-refractivity contribution >= 4 is 5.91 Å². The molecule has 1 saturated heterocycles. The summed E-state index contributed by atoms with van der Waals surface area (Å²) in [5.74, 6) is 1.15. The first-order chi connectivity index (χ1) is 12.4. The summed E-state index contributed by atoms with van der Waals surface area (Å²) in [6.45, 7) is 11.2. The van der Waals surface area contributed by atoms with Gasteiger partial charge >= 0.3 is 0 Å². The number of carbonyl (C=O) groups excluding carboxylic acids is 1. The molecule has 1 aromatic rings. The number of hydrogen-bond donors (Lipinski definition) is 1. The first-order valence-corrected chi connectivity index (χ1v) is 9.60. The Kier molecular flexibility index (Phi) is 7.47. The highest BCUT2D eigenvalue weighted by Gasteiger charge is 2.26. The summed E-state index contributed by atoms with van der Waals surface area (Å²) in [5, 5.41) is 12.3. The van der Waals surface area contributed by atoms with Crippen LogP contribution in [-0.4, -0.2) is 42.6 Å². The Morgan fingerprint density at radius 1 is 1.31 bits per heavy atom. The maximum Gasteiger partial charge on any atom is 0.261 e. The van der Waals surface area contributed by atoms with Gasteiger partial charge in [0.25, 0.3) is 5.91 Å². The molecule has 0 radical (unpaired) electrons. The number of nitriles is 1. The fourth-order valence-corrected chi connectivity index (χ4v) is 3.24. The van der Waals surface area contributed by atoms with Crippen LogP contribution in [0.3, 0.4) is 0 Å². The van der Waals surface area contributed by atoms with E-state index < -0.39 is 6.10 Å². The van der Waals surface area contributed by atoms with Gasteiger partial charge in [-0.25, -0.2) is 0 Å². The zero-order chi connectivity index (χ0) is 19.1. The zero-order valence-corrected chi connectivity index (χ0v) is 16.4. The van der Waals surface area contributed by atoms with Crippen molar-refractivity contribution in [3.05, 3.63) is 29.8 Å². The van der Waals surface area contributed by atoms with E-state index in [0.29, 0.717) is 23.9 Å². The van der Waals surface area contributed by atoms with E-state index in [4.69, 9.17) is 4.74 Å². The minimum Gasteiger partial charge on any atom is -0.479 e. The molecule has 1 aliphatic heterocycles. The van der Waals surface area contributed by atoms with Crippen molar-refractivity contribution in [2.75, 3.05) is 19.6 Å². The standard InChI is InChI=1S/C21H31N3O2/c1-15(2)20(26-19-8-6-5-7-18(19)13-22)21(25)23-14-17(4)24-11-9-16(3)10-12-24/h5-8,15-17,20H,9-12,14H2,1-4H3,(H,23,25). The van der Waals surface area contributed by atoms with E-state index in [2.05, 4.69) is 30.1 Å². The lowest BCUT2D eigenvalue weighted by atomic mass is 9.98. The molecule has 0 bridgehead atoms. The van der Waals surface area contributed by atoms with Gasteiger partial charge in [-0.3, -0.25) is 9.69 Å². The van der Waals surface area contributed by atoms with Gasteiger partial charge in [-0.1, -0.05) is 32.9 Å². The Bertz CT molecular complexity index is 630. The third kappa shape index (κ3) is 5.47. The third-order valence-electron chi connectivity index (χ3n) is 5.14. The van der Waals surface area contributed by atoms with Crippen LogP contribution >= 0.6 is 0 Å². The molecule has 1 fully saturated rings. The number of likely N-dealkylation sites (tertiary alicyclic amines) is 1. The predicted molar refractivity (Wildman–Crippen MR) is 103 cm³/mol. The Morgan fingerprint density at radius 3 is 2.58 bits per heavy atom. The third-order valence-corrected chi connectivity index (χ3v) is 5.14. The van der Waals surface area contributed by atoms with Crippen molar-refractivity contribution < 1.29 is 9.53 Å². The minimum atomic E-state index is -0.613. The highest BCUT2D eigenvalue weighted by Crippen LogP contribution is 2.21. The zero-order valence-electron chi connectivity index (χ0n) is 16.4. The monoisotopic (exact) mass is 357 g/mol. The molecule has 142 valence electrons. The molecule has 1 amide bonds. The lowest BCUT2D eigenvalue weighted by Gasteiger charge is -2.35. The van der Waals surface area contributed by atoms with Gasteiger partial charge in [0.15, 0.2) is 6.10 Å². The molecular formula is C21H31N3O2. The lowest BCUT2D eigenvalue weighted by molar-refractivity contribution is -0.130. The van der Waals surface area contributed by atoms with Crippen LogP contribution in [0.2, 0.25) is 0 Å². The highest BCUT2D eigenvalue weighted by molar-refractivity contribution is 5.81. The van der Waals surface area contributed by atoms with E-state index in [1.165, 1.54) is 12.8 Å². The van der Waals surface area contributed by atoms with Gasteiger partial charge in [0, 0.05) is 12.6 Å². The van der Waals surface area contributed by atoms with Crippen LogP contribution in [0.5, 0.6) is 5.75 Å². The van der Waals surface area contributed by atoms with Crippen LogP contribution in [0, 0.1) is 23.2 Å². The number of piperidine rings is 1. The number of benzene rings is 1. The van der Waals surface area contributed by atoms with Crippen molar-refractivity contribution in [3.63, 3.8) is 0 Å². The molecule has 26 heavy (non-hydrogen) atoms. The van der Waals surface area contributed by atoms with E-state index in [-0.39, 0.29) is 11.8 Å². The summed E-state index contributed by atoms with van der Waals surface area (Å²) in [4.78, 5) is 15.1. The molecule has 1 N–H and O–H groups in total. The van der Waals surface area contributed by atoms with Crippen LogP contribution < -0.4 is 10.1 Å². The summed E-state index contributed by atoms with van der Waals surface area (Å²) < 4.78 is 5.90. The van der Waals surface area contributed by atoms with Crippen molar-refractivity contribution in [3.8, 4) is 11.8 Å². The normalized spacial score (nSPS) is 18.2. The minimum absolute atomic E-state index is 0.00731. The van der Waals surface area contributed by atoms with E-state index in [1.54, 1.807) is 18.2 Å². The Balaban J connectivity index is 1.93. The van der Waals surface area contributed by atoms with Gasteiger partial charge in [0.05, 0.1) is 5.56 Å². The number of ether oxygens (including phenoxy) is 1. The van der Waals surface area contributed by atoms with Gasteiger partial charge in [-0.15, -0.1) is 0 Å². The van der Waals surface area contributed by atoms with Crippen LogP contribution in [0.15, 0.2) is 24.3 Å². The number of nitrogens with one attached hydrogen (secondary N) is 1. The molecule has 5 heteroatoms. The number of rotatable bonds is 7. The molecule has 0 aromatic heterocycles. The van der Waals surface area contributed by atoms with E-state index in [1.807, 2.05) is 19.9 Å². The molecule has 1 aliphatic rings. The van der Waals surface area contributed by atoms with Crippen LogP contribution in [0.1, 0.15) is 46.1 Å². The smallest absolute Gasteiger partial charge is 0.261 e. The van der Waals surface area contributed by atoms with Gasteiger partial charge in [0.1, 0.15) is 11.8 Å². The summed E-state index contributed by atoms with van der Waals surface area (Å²) in [6, 6.07) is 9.46. The molecule has 2 unspecified atom stereocenters. The molecule has 5 nitrogen and oxygen atoms in total. The van der Waals surface area contributed by atoms with Crippen LogP contribution in [-0.2, 0) is 4.79 Å². The van der Waals surface area contributed by atoms with Gasteiger partial charge in [0.2, 0.25) is 0 Å². The summed E-state index contributed by atoms with van der Waals surface area (Å²) in [6.07, 6.45) is 1.83. The largest absolute Gasteiger partial charge is 0.479 e. The SMILES string of the molecule is CC1CCN(C(C)CNC(=O)C(Oc2ccccc2C#N)C(C)C)CC1. The number of para-hydroxylation sites is 1. The summed E-state index contributed by atoms with van der Waals surface area (Å²) >= 11 is 0. The van der Waals surface area contributed by atoms with Gasteiger partial charge < -0.3 is 10.1 Å². The molecule has 0 aliphatic carbocycles. The number of carbonyl (C=O) groups is 1. The van der Waals surface area contributed by atoms with Crippen molar-refractivity contribution in [1.29, 1.82) is 5.26 Å². The van der Waals surface area contributed by atoms with Gasteiger partial charge in [-0.05, 0) is 56.8 Å². The van der Waals surface area contributed by atoms with E-state index in [9.17, 15) is 10.1 Å². The molecule has 2 rings (SSSR count). The van der Waals surface area contributed by atoms with Crippen LogP contribution in [0.25, 0.3) is 0 Å². The fraction of sp³-hybridized carbons (Fsp3) is 0.619. The van der Waals surface area contributed by atoms with Gasteiger partial charge in [-0.2, -0.15) is 5.26 Å². The molecule has 2 atom stereocenters. The summed E-state index contributed by atoms with van der Waals surface area (Å²) in [7, 11) is 0. The Hall–Kier alpha value is -2.06. The van der Waals surface area contributed by atoms with Crippen molar-refractivity contribution in [2.24, 2.45) is 11.8 Å². The van der Waals surface area contributed by atoms with Crippen LogP contribution in [0.4, 0.5) is 0 Å². The summed E-state index contributed by atoms with van der Waals surface area (Å²) in [5.41, 5.74) is 0.446. The molecule has 1 heterocycles. The second-order valence-corrected chi connectivity index (χ2v) is 7.70. The first-order valence-electron chi connectivity index (χ1n) is 9.60. The molecular weight excluding hydrogens is 326 g/mol. The first kappa shape index (κ1) is 20.3. The number of hydrogen-bond acceptors (Lipinski definition) is 4. The predicted octanol–water partition coefficient (Wildman–Crippen LogP) is 3.20. The topological polar surface area (TPSA) is 65.4 Å². The second-order valence-electron chi connectivity index (χ2n) is 7.70. The quantitative estimate of drug-likeness (QED) is 0.814. The van der Waals surface area contributed by atoms with Crippen molar-refractivity contribution in [2.45, 2.75) is 52.7 Å². The molecule has 0 spiro atoms. The average molecular weight is 357 g/mol. The molecule has 0 saturated carbocycles. The van der Waals surface area contributed by atoms with E-state index in [0.717, 1.165) is 19.0 Å². The maximum atomic E-state index is 12.7. The fourth-order valence-electron chi connectivity index (χ4n) is 3.24.